The number of carbonyl (C=O) groups is 2. The Hall–Kier alpha value is -3.80. The summed E-state index contributed by atoms with van der Waals surface area (Å²) in [4.78, 5) is 38.2. The third-order valence-corrected chi connectivity index (χ3v) is 5.62. The zero-order valence-corrected chi connectivity index (χ0v) is 20.6. The molecule has 3 aromatic heterocycles. The fourth-order valence-electron chi connectivity index (χ4n) is 4.03. The molecule has 4 rings (SSSR count). The first-order valence-corrected chi connectivity index (χ1v) is 11.7. The molecule has 0 spiro atoms. The molecule has 1 aliphatic rings. The summed E-state index contributed by atoms with van der Waals surface area (Å²) in [5.41, 5.74) is 0.860. The average molecular weight is 501 g/mol. The van der Waals surface area contributed by atoms with Crippen LogP contribution in [-0.4, -0.2) is 55.0 Å². The number of aromatic nitrogens is 4. The first kappa shape index (κ1) is 25.3. The van der Waals surface area contributed by atoms with Crippen LogP contribution in [0.1, 0.15) is 68.2 Å². The Morgan fingerprint density at radius 2 is 2.14 bits per heavy atom. The Balaban J connectivity index is 1.54. The van der Waals surface area contributed by atoms with Crippen molar-refractivity contribution < 1.29 is 28.7 Å². The number of rotatable bonds is 7. The Bertz CT molecular complexity index is 1270. The number of ether oxygens (including phenoxy) is 1. The Morgan fingerprint density at radius 1 is 1.36 bits per heavy atom. The fourth-order valence-corrected chi connectivity index (χ4v) is 4.03. The normalized spacial score (nSPS) is 16.8. The molecule has 0 aliphatic carbocycles. The summed E-state index contributed by atoms with van der Waals surface area (Å²) in [5.74, 6) is -1.24. The number of hydrogen-bond donors (Lipinski definition) is 2. The van der Waals surface area contributed by atoms with Crippen molar-refractivity contribution in [2.75, 3.05) is 11.7 Å². The number of carbonyl (C=O) groups excluding carboxylic acids is 1. The predicted octanol–water partition coefficient (Wildman–Crippen LogP) is 3.69. The van der Waals surface area contributed by atoms with Gasteiger partial charge >= 0.3 is 12.1 Å². The van der Waals surface area contributed by atoms with Gasteiger partial charge in [-0.1, -0.05) is 0 Å². The molecule has 192 valence electrons. The standard InChI is InChI=1S/C24H29FN6O5/c1-14(28-23(34)36-24(2,3)4)5-6-18-16(11-15(25)12-26-18)19-8-10-35-31(19)20-7-9-30-21(29-20)17(13-27-30)22(32)33/h7,9,11-14,19H,5-6,8,10H2,1-4H3,(H,28,34)(H,32,33). The van der Waals surface area contributed by atoms with Crippen molar-refractivity contribution in [3.05, 3.63) is 53.4 Å². The summed E-state index contributed by atoms with van der Waals surface area (Å²) >= 11 is 0. The zero-order chi connectivity index (χ0) is 26.0. The van der Waals surface area contributed by atoms with E-state index in [0.29, 0.717) is 42.9 Å². The number of aromatic carboxylic acids is 1. The van der Waals surface area contributed by atoms with Gasteiger partial charge in [-0.2, -0.15) is 5.10 Å². The Labute approximate surface area is 207 Å². The van der Waals surface area contributed by atoms with Crippen molar-refractivity contribution in [3.63, 3.8) is 0 Å². The second kappa shape index (κ2) is 10.1. The maximum Gasteiger partial charge on any atom is 0.407 e. The monoisotopic (exact) mass is 500 g/mol. The van der Waals surface area contributed by atoms with Gasteiger partial charge in [0, 0.05) is 36.0 Å². The van der Waals surface area contributed by atoms with Gasteiger partial charge in [-0.15, -0.1) is 0 Å². The van der Waals surface area contributed by atoms with Crippen LogP contribution in [0.15, 0.2) is 30.7 Å². The fraction of sp³-hybridized carbons (Fsp3) is 0.458. The van der Waals surface area contributed by atoms with E-state index in [1.165, 1.54) is 23.0 Å². The van der Waals surface area contributed by atoms with Crippen LogP contribution in [0.4, 0.5) is 15.0 Å². The van der Waals surface area contributed by atoms with Crippen LogP contribution in [0.2, 0.25) is 0 Å². The van der Waals surface area contributed by atoms with Crippen molar-refractivity contribution in [2.45, 2.75) is 64.6 Å². The van der Waals surface area contributed by atoms with Crippen molar-refractivity contribution in [2.24, 2.45) is 0 Å². The molecular weight excluding hydrogens is 471 g/mol. The molecular formula is C24H29FN6O5. The minimum atomic E-state index is -1.14. The number of alkyl carbamates (subject to hydrolysis) is 1. The van der Waals surface area contributed by atoms with Crippen molar-refractivity contribution in [1.82, 2.24) is 24.9 Å². The van der Waals surface area contributed by atoms with E-state index in [-0.39, 0.29) is 23.3 Å². The van der Waals surface area contributed by atoms with E-state index in [2.05, 4.69) is 20.4 Å². The molecule has 1 amide bonds. The molecule has 2 unspecified atom stereocenters. The van der Waals surface area contributed by atoms with Crippen molar-refractivity contribution in [3.8, 4) is 0 Å². The second-order valence-electron chi connectivity index (χ2n) is 9.66. The van der Waals surface area contributed by atoms with E-state index in [1.54, 1.807) is 38.1 Å². The van der Waals surface area contributed by atoms with Crippen LogP contribution >= 0.6 is 0 Å². The predicted molar refractivity (Wildman–Crippen MR) is 127 cm³/mol. The second-order valence-corrected chi connectivity index (χ2v) is 9.66. The van der Waals surface area contributed by atoms with Gasteiger partial charge < -0.3 is 15.2 Å². The average Bonchev–Trinajstić information content (AvgIpc) is 3.43. The van der Waals surface area contributed by atoms with Crippen LogP contribution < -0.4 is 10.4 Å². The van der Waals surface area contributed by atoms with Crippen molar-refractivity contribution >= 4 is 23.5 Å². The van der Waals surface area contributed by atoms with Crippen LogP contribution in [0, 0.1) is 5.82 Å². The lowest BCUT2D eigenvalue weighted by molar-refractivity contribution is 0.0505. The molecule has 0 saturated carbocycles. The lowest BCUT2D eigenvalue weighted by Gasteiger charge is -2.25. The number of carboxylic acids is 1. The highest BCUT2D eigenvalue weighted by molar-refractivity contribution is 5.94. The third-order valence-electron chi connectivity index (χ3n) is 5.62. The number of aryl methyl sites for hydroxylation is 1. The summed E-state index contributed by atoms with van der Waals surface area (Å²) in [6.07, 6.45) is 5.09. The van der Waals surface area contributed by atoms with E-state index in [9.17, 15) is 19.1 Å². The molecule has 2 atom stereocenters. The van der Waals surface area contributed by atoms with Gasteiger partial charge in [0.2, 0.25) is 0 Å². The van der Waals surface area contributed by atoms with Crippen LogP contribution in [-0.2, 0) is 16.0 Å². The number of carboxylic acid groups (broad SMARTS) is 1. The Morgan fingerprint density at radius 3 is 2.86 bits per heavy atom. The highest BCUT2D eigenvalue weighted by Crippen LogP contribution is 2.36. The molecule has 11 nitrogen and oxygen atoms in total. The van der Waals surface area contributed by atoms with Gasteiger partial charge in [0.05, 0.1) is 25.0 Å². The molecule has 2 N–H and O–H groups in total. The summed E-state index contributed by atoms with van der Waals surface area (Å²) in [7, 11) is 0. The highest BCUT2D eigenvalue weighted by atomic mass is 19.1. The SMILES string of the molecule is CC(CCc1ncc(F)cc1C1CCON1c1ccn2ncc(C(=O)O)c2n1)NC(=O)OC(C)(C)C. The number of hydrogen-bond acceptors (Lipinski definition) is 8. The van der Waals surface area contributed by atoms with Gasteiger partial charge in [-0.3, -0.25) is 9.82 Å². The minimum Gasteiger partial charge on any atom is -0.477 e. The molecule has 0 radical (unpaired) electrons. The van der Waals surface area contributed by atoms with E-state index in [1.807, 2.05) is 6.92 Å². The topological polar surface area (TPSA) is 131 Å². The van der Waals surface area contributed by atoms with Gasteiger partial charge in [-0.05, 0) is 46.6 Å². The number of nitrogens with one attached hydrogen (secondary N) is 1. The first-order chi connectivity index (χ1) is 17.0. The smallest absolute Gasteiger partial charge is 0.407 e. The van der Waals surface area contributed by atoms with Gasteiger partial charge in [-0.25, -0.2) is 28.5 Å². The van der Waals surface area contributed by atoms with Gasteiger partial charge in [0.15, 0.2) is 11.5 Å². The Kier molecular flexibility index (Phi) is 7.07. The lowest BCUT2D eigenvalue weighted by atomic mass is 9.98. The van der Waals surface area contributed by atoms with Gasteiger partial charge in [0.1, 0.15) is 17.0 Å². The highest BCUT2D eigenvalue weighted by Gasteiger charge is 2.32. The molecule has 1 aliphatic heterocycles. The number of hydroxylamine groups is 1. The van der Waals surface area contributed by atoms with E-state index in [0.717, 1.165) is 0 Å². The summed E-state index contributed by atoms with van der Waals surface area (Å²) in [5, 5.41) is 17.8. The number of halogens is 1. The molecule has 36 heavy (non-hydrogen) atoms. The van der Waals surface area contributed by atoms with Gasteiger partial charge in [0.25, 0.3) is 0 Å². The first-order valence-electron chi connectivity index (χ1n) is 11.7. The summed E-state index contributed by atoms with van der Waals surface area (Å²) in [6, 6.07) is 2.50. The zero-order valence-electron chi connectivity index (χ0n) is 20.6. The van der Waals surface area contributed by atoms with Crippen LogP contribution in [0.25, 0.3) is 5.65 Å². The molecule has 3 aromatic rings. The maximum absolute atomic E-state index is 14.3. The molecule has 0 aromatic carbocycles. The minimum absolute atomic E-state index is 0.0350. The largest absolute Gasteiger partial charge is 0.477 e. The third kappa shape index (κ3) is 5.70. The molecule has 1 fully saturated rings. The molecule has 0 bridgehead atoms. The number of anilines is 1. The lowest BCUT2D eigenvalue weighted by Crippen LogP contribution is -2.38. The molecule has 12 heteroatoms. The molecule has 1 saturated heterocycles. The van der Waals surface area contributed by atoms with Crippen LogP contribution in [0.3, 0.4) is 0 Å². The van der Waals surface area contributed by atoms with E-state index < -0.39 is 23.5 Å². The number of fused-ring (bicyclic) bond motifs is 1. The summed E-state index contributed by atoms with van der Waals surface area (Å²) < 4.78 is 21.0. The summed E-state index contributed by atoms with van der Waals surface area (Å²) in [6.45, 7) is 7.62. The van der Waals surface area contributed by atoms with E-state index in [4.69, 9.17) is 9.57 Å². The van der Waals surface area contributed by atoms with E-state index >= 15 is 0 Å². The quantitative estimate of drug-likeness (QED) is 0.498. The number of amides is 1. The van der Waals surface area contributed by atoms with Crippen molar-refractivity contribution in [1.29, 1.82) is 0 Å². The number of pyridine rings is 1. The molecule has 4 heterocycles. The maximum atomic E-state index is 14.3. The van der Waals surface area contributed by atoms with Crippen LogP contribution in [0.5, 0.6) is 0 Å². The number of nitrogens with zero attached hydrogens (tertiary/aromatic N) is 5.